The lowest BCUT2D eigenvalue weighted by Gasteiger charge is -2.10. The number of alkyl halides is 1. The van der Waals surface area contributed by atoms with Crippen molar-refractivity contribution >= 4 is 34.2 Å². The van der Waals surface area contributed by atoms with Crippen LogP contribution in [-0.2, 0) is 5.88 Å². The second-order valence-corrected chi connectivity index (χ2v) is 5.29. The number of rotatable bonds is 2. The molecule has 0 atom stereocenters. The van der Waals surface area contributed by atoms with Gasteiger partial charge in [0.1, 0.15) is 11.6 Å². The standard InChI is InChI=1S/C15H11Cl2FN2/c1-9-2-4-11(18)14(6-9)20-13-5-3-10(17)7-12(13)19-15(20)8-16/h2-7H,8H2,1H3. The molecule has 0 aliphatic heterocycles. The van der Waals surface area contributed by atoms with Gasteiger partial charge in [0.05, 0.1) is 22.6 Å². The highest BCUT2D eigenvalue weighted by molar-refractivity contribution is 6.31. The minimum atomic E-state index is -0.309. The number of aryl methyl sites for hydroxylation is 1. The molecule has 1 aromatic heterocycles. The highest BCUT2D eigenvalue weighted by Gasteiger charge is 2.15. The molecule has 0 fully saturated rings. The van der Waals surface area contributed by atoms with Crippen LogP contribution in [-0.4, -0.2) is 9.55 Å². The van der Waals surface area contributed by atoms with Gasteiger partial charge < -0.3 is 0 Å². The second kappa shape index (κ2) is 5.08. The molecule has 5 heteroatoms. The number of hydrogen-bond donors (Lipinski definition) is 0. The van der Waals surface area contributed by atoms with Gasteiger partial charge in [0, 0.05) is 5.02 Å². The van der Waals surface area contributed by atoms with E-state index < -0.39 is 0 Å². The molecule has 3 rings (SSSR count). The third-order valence-electron chi connectivity index (χ3n) is 3.15. The fourth-order valence-corrected chi connectivity index (χ4v) is 2.60. The summed E-state index contributed by atoms with van der Waals surface area (Å²) in [7, 11) is 0. The molecule has 2 aromatic carbocycles. The molecule has 0 spiro atoms. The van der Waals surface area contributed by atoms with Crippen LogP contribution in [0.25, 0.3) is 16.7 Å². The van der Waals surface area contributed by atoms with Gasteiger partial charge in [-0.25, -0.2) is 9.37 Å². The van der Waals surface area contributed by atoms with E-state index in [0.717, 1.165) is 11.1 Å². The van der Waals surface area contributed by atoms with E-state index in [9.17, 15) is 4.39 Å². The van der Waals surface area contributed by atoms with Crippen LogP contribution in [0, 0.1) is 12.7 Å². The van der Waals surface area contributed by atoms with Crippen LogP contribution in [0.3, 0.4) is 0 Å². The van der Waals surface area contributed by atoms with E-state index in [1.165, 1.54) is 6.07 Å². The Balaban J connectivity index is 2.37. The fourth-order valence-electron chi connectivity index (χ4n) is 2.26. The van der Waals surface area contributed by atoms with Gasteiger partial charge in [0.2, 0.25) is 0 Å². The number of benzene rings is 2. The van der Waals surface area contributed by atoms with Crippen molar-refractivity contribution in [1.82, 2.24) is 9.55 Å². The van der Waals surface area contributed by atoms with E-state index in [0.29, 0.717) is 22.1 Å². The van der Waals surface area contributed by atoms with Crippen molar-refractivity contribution in [3.63, 3.8) is 0 Å². The second-order valence-electron chi connectivity index (χ2n) is 4.58. The average Bonchev–Trinajstić information content (AvgIpc) is 2.78. The van der Waals surface area contributed by atoms with Crippen LogP contribution in [0.5, 0.6) is 0 Å². The molecule has 0 aliphatic carbocycles. The lowest BCUT2D eigenvalue weighted by molar-refractivity contribution is 0.617. The number of imidazole rings is 1. The van der Waals surface area contributed by atoms with E-state index >= 15 is 0 Å². The van der Waals surface area contributed by atoms with E-state index in [1.807, 2.05) is 13.0 Å². The van der Waals surface area contributed by atoms with Gasteiger partial charge in [-0.2, -0.15) is 0 Å². The first-order chi connectivity index (χ1) is 9.60. The van der Waals surface area contributed by atoms with Gasteiger partial charge in [-0.15, -0.1) is 11.6 Å². The molecule has 3 aromatic rings. The van der Waals surface area contributed by atoms with Gasteiger partial charge in [0.25, 0.3) is 0 Å². The topological polar surface area (TPSA) is 17.8 Å². The van der Waals surface area contributed by atoms with Crippen LogP contribution in [0.2, 0.25) is 5.02 Å². The van der Waals surface area contributed by atoms with Crippen molar-refractivity contribution in [2.75, 3.05) is 0 Å². The monoisotopic (exact) mass is 308 g/mol. The predicted molar refractivity (Wildman–Crippen MR) is 80.3 cm³/mol. The molecule has 0 unspecified atom stereocenters. The highest BCUT2D eigenvalue weighted by Crippen LogP contribution is 2.27. The Hall–Kier alpha value is -1.58. The first-order valence-electron chi connectivity index (χ1n) is 6.09. The summed E-state index contributed by atoms with van der Waals surface area (Å²) in [5.74, 6) is 0.476. The summed E-state index contributed by atoms with van der Waals surface area (Å²) in [5, 5.41) is 0.591. The van der Waals surface area contributed by atoms with Gasteiger partial charge in [-0.05, 0) is 42.8 Å². The molecule has 0 saturated heterocycles. The third-order valence-corrected chi connectivity index (χ3v) is 3.62. The summed E-state index contributed by atoms with van der Waals surface area (Å²) in [6.45, 7) is 1.92. The Bertz CT molecular complexity index is 796. The first kappa shape index (κ1) is 13.4. The smallest absolute Gasteiger partial charge is 0.147 e. The first-order valence-corrected chi connectivity index (χ1v) is 7.01. The maximum atomic E-state index is 14.1. The number of aromatic nitrogens is 2. The third kappa shape index (κ3) is 2.17. The van der Waals surface area contributed by atoms with Crippen LogP contribution < -0.4 is 0 Å². The van der Waals surface area contributed by atoms with E-state index in [1.54, 1.807) is 28.8 Å². The molecule has 0 amide bonds. The van der Waals surface area contributed by atoms with Crippen molar-refractivity contribution in [2.45, 2.75) is 12.8 Å². The normalized spacial score (nSPS) is 11.2. The predicted octanol–water partition coefficient (Wildman–Crippen LogP) is 4.87. The Morgan fingerprint density at radius 3 is 2.75 bits per heavy atom. The molecular formula is C15H11Cl2FN2. The fraction of sp³-hybridized carbons (Fsp3) is 0.133. The van der Waals surface area contributed by atoms with Crippen molar-refractivity contribution in [1.29, 1.82) is 0 Å². The summed E-state index contributed by atoms with van der Waals surface area (Å²) in [5.41, 5.74) is 2.91. The zero-order valence-electron chi connectivity index (χ0n) is 10.7. The summed E-state index contributed by atoms with van der Waals surface area (Å²) < 4.78 is 15.9. The molecule has 0 aliphatic rings. The van der Waals surface area contributed by atoms with Crippen LogP contribution in [0.4, 0.5) is 4.39 Å². The quantitative estimate of drug-likeness (QED) is 0.618. The number of hydrogen-bond acceptors (Lipinski definition) is 1. The molecule has 0 bridgehead atoms. The molecule has 20 heavy (non-hydrogen) atoms. The zero-order chi connectivity index (χ0) is 14.3. The number of nitrogens with zero attached hydrogens (tertiary/aromatic N) is 2. The maximum Gasteiger partial charge on any atom is 0.147 e. The van der Waals surface area contributed by atoms with Crippen LogP contribution in [0.1, 0.15) is 11.4 Å². The van der Waals surface area contributed by atoms with E-state index in [4.69, 9.17) is 23.2 Å². The van der Waals surface area contributed by atoms with Gasteiger partial charge >= 0.3 is 0 Å². The molecule has 0 N–H and O–H groups in total. The minimum absolute atomic E-state index is 0.194. The highest BCUT2D eigenvalue weighted by atomic mass is 35.5. The average molecular weight is 309 g/mol. The molecule has 2 nitrogen and oxygen atoms in total. The lowest BCUT2D eigenvalue weighted by atomic mass is 10.2. The van der Waals surface area contributed by atoms with Gasteiger partial charge in [-0.1, -0.05) is 17.7 Å². The summed E-state index contributed by atoms with van der Waals surface area (Å²) in [4.78, 5) is 4.42. The van der Waals surface area contributed by atoms with Crippen LogP contribution in [0.15, 0.2) is 36.4 Å². The zero-order valence-corrected chi connectivity index (χ0v) is 12.2. The van der Waals surface area contributed by atoms with Gasteiger partial charge in [-0.3, -0.25) is 4.57 Å². The van der Waals surface area contributed by atoms with E-state index in [-0.39, 0.29) is 11.7 Å². The van der Waals surface area contributed by atoms with Gasteiger partial charge in [0.15, 0.2) is 0 Å². The van der Waals surface area contributed by atoms with Crippen molar-refractivity contribution in [3.05, 3.63) is 58.6 Å². The van der Waals surface area contributed by atoms with Crippen LogP contribution >= 0.6 is 23.2 Å². The molecule has 102 valence electrons. The Labute approximate surface area is 125 Å². The lowest BCUT2D eigenvalue weighted by Crippen LogP contribution is -2.02. The summed E-state index contributed by atoms with van der Waals surface area (Å²) in [6.07, 6.45) is 0. The largest absolute Gasteiger partial charge is 0.292 e. The van der Waals surface area contributed by atoms with Crippen molar-refractivity contribution in [2.24, 2.45) is 0 Å². The number of halogens is 3. The molecule has 1 heterocycles. The van der Waals surface area contributed by atoms with Crippen molar-refractivity contribution < 1.29 is 4.39 Å². The molecule has 0 radical (unpaired) electrons. The molecule has 0 saturated carbocycles. The summed E-state index contributed by atoms with van der Waals surface area (Å²) in [6, 6.07) is 10.3. The SMILES string of the molecule is Cc1ccc(F)c(-n2c(CCl)nc3cc(Cl)ccc32)c1. The maximum absolute atomic E-state index is 14.1. The Morgan fingerprint density at radius 1 is 1.20 bits per heavy atom. The van der Waals surface area contributed by atoms with E-state index in [2.05, 4.69) is 4.98 Å². The Morgan fingerprint density at radius 2 is 2.00 bits per heavy atom. The minimum Gasteiger partial charge on any atom is -0.292 e. The number of fused-ring (bicyclic) bond motifs is 1. The Kier molecular flexibility index (Phi) is 3.40. The summed E-state index contributed by atoms with van der Waals surface area (Å²) >= 11 is 11.9. The van der Waals surface area contributed by atoms with Crippen molar-refractivity contribution in [3.8, 4) is 5.69 Å². The molecular weight excluding hydrogens is 298 g/mol.